The van der Waals surface area contributed by atoms with Crippen molar-refractivity contribution in [2.24, 2.45) is 0 Å². The molecule has 1 fully saturated rings. The van der Waals surface area contributed by atoms with Crippen molar-refractivity contribution < 1.29 is 0 Å². The van der Waals surface area contributed by atoms with E-state index in [1.54, 1.807) is 0 Å². The Morgan fingerprint density at radius 2 is 2.47 bits per heavy atom. The van der Waals surface area contributed by atoms with Crippen LogP contribution in [0.25, 0.3) is 0 Å². The molecule has 0 amide bonds. The van der Waals surface area contributed by atoms with Crippen molar-refractivity contribution >= 4 is 5.69 Å². The molecule has 1 aliphatic heterocycles. The third kappa shape index (κ3) is 2.48. The summed E-state index contributed by atoms with van der Waals surface area (Å²) in [7, 11) is 4.36. The fraction of sp³-hybridized carbons (Fsp3) is 0.583. The number of pyridine rings is 1. The van der Waals surface area contributed by atoms with E-state index in [1.807, 2.05) is 18.5 Å². The summed E-state index contributed by atoms with van der Waals surface area (Å²) < 4.78 is 0. The van der Waals surface area contributed by atoms with Crippen LogP contribution < -0.4 is 4.90 Å². The predicted octanol–water partition coefficient (Wildman–Crippen LogP) is 1.61. The van der Waals surface area contributed by atoms with Crippen LogP contribution in [0, 0.1) is 0 Å². The Labute approximate surface area is 91.7 Å². The molecule has 1 aromatic heterocycles. The maximum atomic E-state index is 4.14. The van der Waals surface area contributed by atoms with Gasteiger partial charge < -0.3 is 9.80 Å². The number of hydrogen-bond acceptors (Lipinski definition) is 3. The summed E-state index contributed by atoms with van der Waals surface area (Å²) in [4.78, 5) is 8.89. The number of likely N-dealkylation sites (tertiary alicyclic amines) is 1. The van der Waals surface area contributed by atoms with Crippen LogP contribution in [0.2, 0.25) is 0 Å². The molecule has 0 N–H and O–H groups in total. The minimum Gasteiger partial charge on any atom is -0.372 e. The number of likely N-dealkylation sites (N-methyl/N-ethyl adjacent to an activating group) is 2. The number of hydrogen-bond donors (Lipinski definition) is 0. The molecule has 0 aromatic carbocycles. The Kier molecular flexibility index (Phi) is 3.21. The third-order valence-corrected chi connectivity index (χ3v) is 3.24. The van der Waals surface area contributed by atoms with Crippen molar-refractivity contribution in [1.29, 1.82) is 0 Å². The molecule has 1 saturated heterocycles. The van der Waals surface area contributed by atoms with Crippen LogP contribution in [0.5, 0.6) is 0 Å². The topological polar surface area (TPSA) is 19.4 Å². The van der Waals surface area contributed by atoms with E-state index in [1.165, 1.54) is 25.1 Å². The average Bonchev–Trinajstić information content (AvgIpc) is 2.66. The highest BCUT2D eigenvalue weighted by Crippen LogP contribution is 2.18. The molecule has 1 aliphatic rings. The van der Waals surface area contributed by atoms with Crippen molar-refractivity contribution in [2.75, 3.05) is 32.1 Å². The molecule has 3 nitrogen and oxygen atoms in total. The number of anilines is 1. The Hall–Kier alpha value is -1.09. The van der Waals surface area contributed by atoms with E-state index in [-0.39, 0.29) is 0 Å². The summed E-state index contributed by atoms with van der Waals surface area (Å²) >= 11 is 0. The van der Waals surface area contributed by atoms with E-state index in [0.717, 1.165) is 6.54 Å². The van der Waals surface area contributed by atoms with Gasteiger partial charge in [-0.1, -0.05) is 0 Å². The Morgan fingerprint density at radius 1 is 1.60 bits per heavy atom. The maximum absolute atomic E-state index is 4.14. The van der Waals surface area contributed by atoms with Crippen molar-refractivity contribution in [3.8, 4) is 0 Å². The summed E-state index contributed by atoms with van der Waals surface area (Å²) in [5.74, 6) is 0. The van der Waals surface area contributed by atoms with Crippen molar-refractivity contribution in [1.82, 2.24) is 9.88 Å². The largest absolute Gasteiger partial charge is 0.372 e. The zero-order valence-electron chi connectivity index (χ0n) is 9.56. The fourth-order valence-corrected chi connectivity index (χ4v) is 2.21. The van der Waals surface area contributed by atoms with Gasteiger partial charge in [0, 0.05) is 25.8 Å². The van der Waals surface area contributed by atoms with Gasteiger partial charge in [-0.2, -0.15) is 0 Å². The predicted molar refractivity (Wildman–Crippen MR) is 63.2 cm³/mol. The van der Waals surface area contributed by atoms with Gasteiger partial charge >= 0.3 is 0 Å². The Bertz CT molecular complexity index is 299. The number of rotatable bonds is 3. The lowest BCUT2D eigenvalue weighted by Gasteiger charge is -2.26. The third-order valence-electron chi connectivity index (χ3n) is 3.24. The van der Waals surface area contributed by atoms with Crippen molar-refractivity contribution in [2.45, 2.75) is 18.9 Å². The average molecular weight is 205 g/mol. The smallest absolute Gasteiger partial charge is 0.0550 e. The molecule has 2 rings (SSSR count). The number of aromatic nitrogens is 1. The van der Waals surface area contributed by atoms with Gasteiger partial charge in [0.15, 0.2) is 0 Å². The van der Waals surface area contributed by atoms with Gasteiger partial charge in [0.05, 0.1) is 11.9 Å². The highest BCUT2D eigenvalue weighted by Gasteiger charge is 2.21. The van der Waals surface area contributed by atoms with Crippen LogP contribution in [-0.4, -0.2) is 43.1 Å². The molecule has 2 heterocycles. The summed E-state index contributed by atoms with van der Waals surface area (Å²) in [6.45, 7) is 2.34. The molecular formula is C12H19N3. The second-order valence-electron chi connectivity index (χ2n) is 4.37. The summed E-state index contributed by atoms with van der Waals surface area (Å²) in [5.41, 5.74) is 1.21. The highest BCUT2D eigenvalue weighted by atomic mass is 15.2. The van der Waals surface area contributed by atoms with Crippen LogP contribution in [0.4, 0.5) is 5.69 Å². The van der Waals surface area contributed by atoms with Gasteiger partial charge in [0.2, 0.25) is 0 Å². The lowest BCUT2D eigenvalue weighted by atomic mass is 10.2. The summed E-state index contributed by atoms with van der Waals surface area (Å²) in [5, 5.41) is 0. The zero-order valence-corrected chi connectivity index (χ0v) is 9.56. The monoisotopic (exact) mass is 205 g/mol. The normalized spacial score (nSPS) is 21.9. The van der Waals surface area contributed by atoms with E-state index in [0.29, 0.717) is 6.04 Å². The summed E-state index contributed by atoms with van der Waals surface area (Å²) in [6, 6.07) is 4.81. The van der Waals surface area contributed by atoms with Crippen LogP contribution in [0.1, 0.15) is 12.8 Å². The second kappa shape index (κ2) is 4.62. The van der Waals surface area contributed by atoms with Gasteiger partial charge in [0.1, 0.15) is 0 Å². The SMILES string of the molecule is CN(C[C@@H]1CCCN1C)c1cccnc1. The second-order valence-corrected chi connectivity index (χ2v) is 4.37. The van der Waals surface area contributed by atoms with Gasteiger partial charge in [-0.25, -0.2) is 0 Å². The van der Waals surface area contributed by atoms with E-state index < -0.39 is 0 Å². The first kappa shape index (κ1) is 10.4. The zero-order chi connectivity index (χ0) is 10.7. The minimum atomic E-state index is 0.704. The fourth-order valence-electron chi connectivity index (χ4n) is 2.21. The molecule has 0 aliphatic carbocycles. The molecule has 1 atom stereocenters. The minimum absolute atomic E-state index is 0.704. The van der Waals surface area contributed by atoms with E-state index in [9.17, 15) is 0 Å². The molecule has 82 valence electrons. The quantitative estimate of drug-likeness (QED) is 0.747. The van der Waals surface area contributed by atoms with E-state index >= 15 is 0 Å². The maximum Gasteiger partial charge on any atom is 0.0550 e. The standard InChI is InChI=1S/C12H19N3/c1-14-8-4-6-12(14)10-15(2)11-5-3-7-13-9-11/h3,5,7,9,12H,4,6,8,10H2,1-2H3/t12-/m0/s1. The first-order valence-corrected chi connectivity index (χ1v) is 5.59. The van der Waals surface area contributed by atoms with Gasteiger partial charge in [0.25, 0.3) is 0 Å². The lowest BCUT2D eigenvalue weighted by Crippen LogP contribution is -2.36. The Morgan fingerprint density at radius 3 is 3.07 bits per heavy atom. The molecular weight excluding hydrogens is 186 g/mol. The molecule has 3 heteroatoms. The Balaban J connectivity index is 1.95. The van der Waals surface area contributed by atoms with Crippen LogP contribution in [-0.2, 0) is 0 Å². The molecule has 0 bridgehead atoms. The number of nitrogens with zero attached hydrogens (tertiary/aromatic N) is 3. The van der Waals surface area contributed by atoms with Crippen LogP contribution in [0.15, 0.2) is 24.5 Å². The molecule has 0 spiro atoms. The molecule has 15 heavy (non-hydrogen) atoms. The highest BCUT2D eigenvalue weighted by molar-refractivity contribution is 5.42. The van der Waals surface area contributed by atoms with Crippen molar-refractivity contribution in [3.05, 3.63) is 24.5 Å². The summed E-state index contributed by atoms with van der Waals surface area (Å²) in [6.07, 6.45) is 6.40. The van der Waals surface area contributed by atoms with E-state index in [2.05, 4.69) is 34.9 Å². The first-order chi connectivity index (χ1) is 7.27. The lowest BCUT2D eigenvalue weighted by molar-refractivity contribution is 0.314. The van der Waals surface area contributed by atoms with Gasteiger partial charge in [-0.3, -0.25) is 4.98 Å². The van der Waals surface area contributed by atoms with Crippen LogP contribution in [0.3, 0.4) is 0 Å². The van der Waals surface area contributed by atoms with Gasteiger partial charge in [-0.15, -0.1) is 0 Å². The van der Waals surface area contributed by atoms with E-state index in [4.69, 9.17) is 0 Å². The van der Waals surface area contributed by atoms with Gasteiger partial charge in [-0.05, 0) is 38.6 Å². The van der Waals surface area contributed by atoms with Crippen LogP contribution >= 0.6 is 0 Å². The van der Waals surface area contributed by atoms with Crippen molar-refractivity contribution in [3.63, 3.8) is 0 Å². The molecule has 0 saturated carbocycles. The molecule has 0 radical (unpaired) electrons. The molecule has 0 unspecified atom stereocenters. The molecule has 1 aromatic rings. The first-order valence-electron chi connectivity index (χ1n) is 5.59.